The maximum Gasteiger partial charge on any atom is 0.370 e. The van der Waals surface area contributed by atoms with Crippen LogP contribution in [0.15, 0.2) is 301 Å². The second-order valence-electron chi connectivity index (χ2n) is 38.0. The molecule has 4 amide bonds. The average Bonchev–Trinajstić information content (AvgIpc) is 1.64. The third-order valence-corrected chi connectivity index (χ3v) is 28.1. The van der Waals surface area contributed by atoms with Gasteiger partial charge >= 0.3 is 5.97 Å². The second kappa shape index (κ2) is 56.0. The number of carbonyl (C=O) groups is 5. The van der Waals surface area contributed by atoms with Crippen molar-refractivity contribution >= 4 is 52.3 Å². The Balaban J connectivity index is 0.000000137. The predicted molar refractivity (Wildman–Crippen MR) is 568 cm³/mol. The largest absolute Gasteiger partial charge is 0.475 e. The van der Waals surface area contributed by atoms with E-state index >= 15 is 0 Å². The summed E-state index contributed by atoms with van der Waals surface area (Å²) in [4.78, 5) is 66.1. The lowest BCUT2D eigenvalue weighted by molar-refractivity contribution is -0.157. The average molecular weight is 1980 g/mol. The minimum atomic E-state index is -1.04. The van der Waals surface area contributed by atoms with Crippen molar-refractivity contribution in [2.45, 2.75) is 263 Å². The number of likely N-dealkylation sites (tertiary alicyclic amines) is 1. The number of carbonyl (C=O) groups excluding carboxylic acids is 4. The quantitative estimate of drug-likeness (QED) is 0.0261. The van der Waals surface area contributed by atoms with E-state index in [-0.39, 0.29) is 72.1 Å². The summed E-state index contributed by atoms with van der Waals surface area (Å²) in [7, 11) is 0. The number of amides is 4. The summed E-state index contributed by atoms with van der Waals surface area (Å²) in [5.74, 6) is 1.49. The zero-order valence-electron chi connectivity index (χ0n) is 84.5. The number of hydrogen-bond donors (Lipinski definition) is 4. The van der Waals surface area contributed by atoms with E-state index in [0.717, 1.165) is 187 Å². The molecule has 22 nitrogen and oxygen atoms in total. The fourth-order valence-electron chi connectivity index (χ4n) is 19.2. The van der Waals surface area contributed by atoms with Gasteiger partial charge in [-0.15, -0.1) is 11.3 Å². The Kier molecular flexibility index (Phi) is 41.1. The molecule has 19 rings (SSSR count). The van der Waals surface area contributed by atoms with Crippen LogP contribution < -0.4 is 25.4 Å². The maximum absolute atomic E-state index is 13.1. The van der Waals surface area contributed by atoms with Crippen molar-refractivity contribution in [1.82, 2.24) is 10.2 Å². The fourth-order valence-corrected chi connectivity index (χ4v) is 20.0. The predicted octanol–water partition coefficient (Wildman–Crippen LogP) is 26.7. The first-order valence-electron chi connectivity index (χ1n) is 52.6. The number of unbranched alkanes of at least 4 members (excludes halogenated alkanes) is 10. The number of carboxylic acids is 1. The molecule has 0 unspecified atom stereocenters. The van der Waals surface area contributed by atoms with E-state index in [1.165, 1.54) is 61.4 Å². The number of rotatable bonds is 39. The molecule has 1 saturated heterocycles. The number of benzene rings is 9. The molecule has 10 atom stereocenters. The Morgan fingerprint density at radius 2 is 0.724 bits per heavy atom. The number of para-hydroxylation sites is 2. The van der Waals surface area contributed by atoms with Crippen molar-refractivity contribution in [2.75, 3.05) is 63.6 Å². The highest BCUT2D eigenvalue weighted by Crippen LogP contribution is 2.45. The van der Waals surface area contributed by atoms with Gasteiger partial charge in [0.25, 0.3) is 23.6 Å². The van der Waals surface area contributed by atoms with Gasteiger partial charge in [-0.2, -0.15) is 0 Å². The van der Waals surface area contributed by atoms with Crippen LogP contribution in [0.2, 0.25) is 0 Å². The van der Waals surface area contributed by atoms with Gasteiger partial charge in [0, 0.05) is 97.6 Å². The number of allylic oxidation sites excluding steroid dienone is 5. The van der Waals surface area contributed by atoms with E-state index < -0.39 is 31.1 Å². The Morgan fingerprint density at radius 3 is 1.18 bits per heavy atom. The van der Waals surface area contributed by atoms with Gasteiger partial charge in [-0.1, -0.05) is 293 Å². The highest BCUT2D eigenvalue weighted by molar-refractivity contribution is 7.10. The Labute approximate surface area is 859 Å². The minimum Gasteiger partial charge on any atom is -0.475 e. The van der Waals surface area contributed by atoms with Gasteiger partial charge in [0.15, 0.2) is 34.5 Å². The third-order valence-electron chi connectivity index (χ3n) is 27.1. The van der Waals surface area contributed by atoms with Crippen LogP contribution in [0.5, 0.6) is 11.5 Å². The number of carboxylic acid groups (broad SMARTS) is 1. The number of nitrogens with zero attached hydrogens (tertiary/aromatic N) is 1. The second-order valence-corrected chi connectivity index (χ2v) is 39.0. The topological polar surface area (TPSA) is 256 Å². The van der Waals surface area contributed by atoms with Crippen LogP contribution in [0.1, 0.15) is 267 Å². The van der Waals surface area contributed by atoms with Gasteiger partial charge in [0.1, 0.15) is 0 Å². The lowest BCUT2D eigenvalue weighted by Crippen LogP contribution is -2.39. The molecule has 7 aliphatic heterocycles. The van der Waals surface area contributed by atoms with Gasteiger partial charge in [0.05, 0.1) is 33.0 Å². The molecule has 764 valence electrons. The zero-order chi connectivity index (χ0) is 101. The Hall–Kier alpha value is -12.9. The molecule has 8 heterocycles. The normalized spacial score (nSPS) is 20.0. The summed E-state index contributed by atoms with van der Waals surface area (Å²) < 4.78 is 70.1. The molecule has 0 bridgehead atoms. The molecule has 4 N–H and O–H groups in total. The van der Waals surface area contributed by atoms with Crippen LogP contribution in [0.4, 0.5) is 11.4 Å². The first kappa shape index (κ1) is 106. The first-order valence-corrected chi connectivity index (χ1v) is 53.5. The van der Waals surface area contributed by atoms with E-state index in [1.54, 1.807) is 17.4 Å². The van der Waals surface area contributed by atoms with E-state index in [1.807, 2.05) is 163 Å². The van der Waals surface area contributed by atoms with Crippen LogP contribution in [0.3, 0.4) is 0 Å². The van der Waals surface area contributed by atoms with Crippen LogP contribution >= 0.6 is 11.3 Å². The molecule has 9 aliphatic rings. The molecular formula is C122H142N4O18S. The Morgan fingerprint density at radius 1 is 0.352 bits per heavy atom. The Bertz CT molecular complexity index is 5960. The van der Waals surface area contributed by atoms with Gasteiger partial charge in [-0.05, 0) is 215 Å². The van der Waals surface area contributed by atoms with Crippen molar-refractivity contribution in [2.24, 2.45) is 0 Å². The molecule has 0 radical (unpaired) electrons. The van der Waals surface area contributed by atoms with Crippen LogP contribution in [0, 0.1) is 0 Å². The number of hydrogen-bond acceptors (Lipinski definition) is 18. The number of thiophene rings is 1. The molecule has 1 aromatic heterocycles. The smallest absolute Gasteiger partial charge is 0.370 e. The minimum absolute atomic E-state index is 0.0134. The molecule has 0 spiro atoms. The fraction of sp³-hybridized carbons (Fsp3) is 0.402. The van der Waals surface area contributed by atoms with Crippen LogP contribution in [0.25, 0.3) is 22.3 Å². The lowest BCUT2D eigenvalue weighted by atomic mass is 9.90. The van der Waals surface area contributed by atoms with E-state index in [9.17, 15) is 29.1 Å². The number of fused-ring (bicyclic) bond motifs is 7. The van der Waals surface area contributed by atoms with Crippen molar-refractivity contribution in [1.29, 1.82) is 0 Å². The summed E-state index contributed by atoms with van der Waals surface area (Å²) >= 11 is 1.69. The molecule has 9 aromatic carbocycles. The van der Waals surface area contributed by atoms with Crippen molar-refractivity contribution in [3.8, 4) is 33.8 Å². The molecule has 145 heavy (non-hydrogen) atoms. The molecular weight excluding hydrogens is 1840 g/mol. The molecule has 2 aliphatic carbocycles. The van der Waals surface area contributed by atoms with Crippen molar-refractivity contribution in [3.63, 3.8) is 0 Å². The summed E-state index contributed by atoms with van der Waals surface area (Å²) in [5.41, 5.74) is 17.7. The molecule has 0 saturated carbocycles. The van der Waals surface area contributed by atoms with Crippen molar-refractivity contribution in [3.05, 3.63) is 356 Å². The number of nitrogens with one attached hydrogen (secondary N) is 3. The number of piperidine rings is 1. The number of aliphatic carboxylic acids is 1. The number of ether oxygens (including phenoxy) is 12. The highest BCUT2D eigenvalue weighted by atomic mass is 32.1. The molecule has 23 heteroatoms. The van der Waals surface area contributed by atoms with E-state index in [2.05, 4.69) is 159 Å². The van der Waals surface area contributed by atoms with E-state index in [4.69, 9.17) is 56.8 Å². The monoisotopic (exact) mass is 1980 g/mol. The number of anilines is 2. The standard InChI is InChI=1S/C31H33NO3.C24H26O4.C23H31NO5.C23H27NO3.C21H25NO3S/c1-2-3-9-16-34-30-20-25(19-29(35-30)31(33)32-21-22-10-5-4-6-11-22)23-14-15-28-26(17-23)18-24-12-7-8-13-27(24)28;1-2-3-6-11-27-23-15-18(14-22(28-23)24(25)26)16-9-10-21-19(12-16)13-17-7-4-5-8-20(17)21;1-2-3-7-12-26-22-15-18(17-8-9-19-20(13-17)28-16-27-19)14-21(29-22)23(25)24-10-5-4-6-11-24;1-2-3-10-15-26-22-17-19(18-11-6-4-7-12-18)16-21(27-22)23(25)24-20-13-8-5-9-14-20;1-2-3-7-12-24-20-15-16(19-11-8-13-26-19)14-18(25-20)21(23)22-17-9-5-4-6-10-17/h4-8,10-15,17,19,25,30H,2-3,9,16,18,20-21H2,1H3,(H,32,33);4-5,7-10,12,14,18,23H,2-3,6,11,13,15H2,1H3,(H,25,26);8-9,13-14,18,22H,2-7,10-12,15-16H2,1H3;4-9,11-14,16,19,22H,2-3,10,15,17H2,1H3,(H,24,25);4-6,8-11,13-14,16,20H,2-3,7,12,15H2,1H3,(H,22,23)/t25-,30+;18-,23+;18-,22+;19-,22+;16-,20+/m11000/s1. The molecule has 1 fully saturated rings. The zero-order valence-corrected chi connectivity index (χ0v) is 85.4. The lowest BCUT2D eigenvalue weighted by Gasteiger charge is -2.33. The van der Waals surface area contributed by atoms with Crippen molar-refractivity contribution < 1.29 is 85.9 Å². The van der Waals surface area contributed by atoms with Crippen LogP contribution in [-0.4, -0.2) is 124 Å². The first-order chi connectivity index (χ1) is 71.1. The van der Waals surface area contributed by atoms with E-state index in [0.29, 0.717) is 88.3 Å². The van der Waals surface area contributed by atoms with Gasteiger partial charge in [-0.25, -0.2) is 4.79 Å². The highest BCUT2D eigenvalue weighted by Gasteiger charge is 2.37. The SMILES string of the molecule is CCCCCO[C@@H]1C[C@H](c2ccc3c(c2)Cc2ccccc2-3)C=C(C(=O)NCc2ccccc2)O1.CCCCCO[C@@H]1C[C@H](c2ccc3c(c2)Cc2ccccc2-3)C=C(C(=O)O)O1.CCCCCO[C@H]1C[C@@H](c2ccc3c(c2)OCO3)C=C(C(=O)N2CCCCC2)O1.CCCCCO[C@H]1C[C@@H](c2ccccc2)C=C(C(=O)Nc2ccccc2)O1.CCCCCO[C@H]1C[C@@H](c2cccs2)C=C(C(=O)Nc2ccccc2)O1. The summed E-state index contributed by atoms with van der Waals surface area (Å²) in [6.07, 6.45) is 32.3. The molecule has 10 aromatic rings. The van der Waals surface area contributed by atoms with Gasteiger partial charge in [0.2, 0.25) is 44.0 Å². The summed E-state index contributed by atoms with van der Waals surface area (Å²) in [6.45, 7) is 16.3. The van der Waals surface area contributed by atoms with Gasteiger partial charge in [-0.3, -0.25) is 19.2 Å². The third kappa shape index (κ3) is 31.3. The summed E-state index contributed by atoms with van der Waals surface area (Å²) in [5, 5.41) is 20.3. The van der Waals surface area contributed by atoms with Crippen LogP contribution in [-0.2, 0) is 90.7 Å². The maximum atomic E-state index is 13.1. The van der Waals surface area contributed by atoms with Gasteiger partial charge < -0.3 is 82.8 Å². The summed E-state index contributed by atoms with van der Waals surface area (Å²) in [6, 6.07) is 79.3.